The maximum atomic E-state index is 13.4. The van der Waals surface area contributed by atoms with Gasteiger partial charge in [-0.25, -0.2) is 0 Å². The average molecular weight is 525 g/mol. The summed E-state index contributed by atoms with van der Waals surface area (Å²) in [6.45, 7) is 0.717. The van der Waals surface area contributed by atoms with Gasteiger partial charge in [-0.05, 0) is 65.2 Å². The summed E-state index contributed by atoms with van der Waals surface area (Å²) in [5, 5.41) is 13.9. The third-order valence-electron chi connectivity index (χ3n) is 6.13. The summed E-state index contributed by atoms with van der Waals surface area (Å²) in [4.78, 5) is 13.4. The first-order chi connectivity index (χ1) is 19.0. The van der Waals surface area contributed by atoms with Crippen LogP contribution in [0.4, 0.5) is 5.69 Å². The van der Waals surface area contributed by atoms with Crippen LogP contribution in [-0.2, 0) is 17.9 Å². The first kappa shape index (κ1) is 27.1. The lowest BCUT2D eigenvalue weighted by Crippen LogP contribution is -2.33. The number of carbonyl (C=O) groups is 1. The molecule has 0 radical (unpaired) electrons. The van der Waals surface area contributed by atoms with Crippen molar-refractivity contribution in [2.24, 2.45) is 5.73 Å². The number of anilines is 1. The van der Waals surface area contributed by atoms with Gasteiger partial charge in [0.05, 0.1) is 14.2 Å². The summed E-state index contributed by atoms with van der Waals surface area (Å²) in [5.41, 5.74) is 9.54. The molecular formula is C31H32N4O4. The van der Waals surface area contributed by atoms with E-state index in [1.807, 2.05) is 60.7 Å². The maximum absolute atomic E-state index is 13.4. The van der Waals surface area contributed by atoms with Crippen molar-refractivity contribution in [3.8, 4) is 17.2 Å². The maximum Gasteiger partial charge on any atom is 0.247 e. The fourth-order valence-corrected chi connectivity index (χ4v) is 4.01. The number of benzene rings is 4. The van der Waals surface area contributed by atoms with Crippen LogP contribution < -0.4 is 30.6 Å². The number of hydrogen-bond acceptors (Lipinski definition) is 6. The van der Waals surface area contributed by atoms with Gasteiger partial charge in [-0.1, -0.05) is 48.5 Å². The van der Waals surface area contributed by atoms with Gasteiger partial charge in [0.2, 0.25) is 5.91 Å². The Kier molecular flexibility index (Phi) is 9.03. The van der Waals surface area contributed by atoms with Gasteiger partial charge in [-0.3, -0.25) is 10.2 Å². The molecule has 4 rings (SSSR count). The molecule has 200 valence electrons. The minimum Gasteiger partial charge on any atom is -0.497 e. The first-order valence-corrected chi connectivity index (χ1v) is 12.4. The molecule has 0 fully saturated rings. The predicted molar refractivity (Wildman–Crippen MR) is 152 cm³/mol. The number of nitrogen functional groups attached to an aromatic ring is 1. The molecule has 0 aliphatic rings. The molecule has 1 unspecified atom stereocenters. The van der Waals surface area contributed by atoms with Gasteiger partial charge < -0.3 is 30.6 Å². The number of hydrogen-bond donors (Lipinski definition) is 4. The summed E-state index contributed by atoms with van der Waals surface area (Å²) in [6.07, 6.45) is 0. The minimum atomic E-state index is -0.724. The van der Waals surface area contributed by atoms with Crippen molar-refractivity contribution < 1.29 is 19.0 Å². The molecule has 39 heavy (non-hydrogen) atoms. The summed E-state index contributed by atoms with van der Waals surface area (Å²) in [5.74, 6) is 1.59. The first-order valence-electron chi connectivity index (χ1n) is 12.4. The Hall–Kier alpha value is -4.98. The Morgan fingerprint density at radius 2 is 1.59 bits per heavy atom. The predicted octanol–water partition coefficient (Wildman–Crippen LogP) is 5.04. The van der Waals surface area contributed by atoms with Crippen molar-refractivity contribution >= 4 is 17.4 Å². The molecular weight excluding hydrogens is 492 g/mol. The van der Waals surface area contributed by atoms with Crippen molar-refractivity contribution in [1.82, 2.24) is 5.32 Å². The van der Waals surface area contributed by atoms with E-state index in [2.05, 4.69) is 10.6 Å². The molecule has 4 aromatic carbocycles. The fourth-order valence-electron chi connectivity index (χ4n) is 4.01. The van der Waals surface area contributed by atoms with Gasteiger partial charge in [0.15, 0.2) is 11.5 Å². The van der Waals surface area contributed by atoms with Crippen molar-refractivity contribution in [2.75, 3.05) is 19.5 Å². The van der Waals surface area contributed by atoms with E-state index in [0.717, 1.165) is 16.9 Å². The molecule has 8 nitrogen and oxygen atoms in total. The lowest BCUT2D eigenvalue weighted by atomic mass is 10.0. The van der Waals surface area contributed by atoms with Crippen LogP contribution in [0, 0.1) is 5.41 Å². The van der Waals surface area contributed by atoms with Crippen LogP contribution >= 0.6 is 0 Å². The van der Waals surface area contributed by atoms with Crippen molar-refractivity contribution in [2.45, 2.75) is 19.2 Å². The number of amidine groups is 1. The molecule has 1 amide bonds. The molecule has 0 saturated heterocycles. The number of nitrogens with two attached hydrogens (primary N) is 1. The second kappa shape index (κ2) is 13.0. The van der Waals surface area contributed by atoms with E-state index in [9.17, 15) is 4.79 Å². The number of carbonyl (C=O) groups excluding carboxylic acids is 1. The normalized spacial score (nSPS) is 11.2. The van der Waals surface area contributed by atoms with Gasteiger partial charge in [0.1, 0.15) is 24.2 Å². The van der Waals surface area contributed by atoms with E-state index in [4.69, 9.17) is 25.4 Å². The van der Waals surface area contributed by atoms with Gasteiger partial charge in [0.25, 0.3) is 0 Å². The SMILES string of the molecule is COc1cccc(COc2ccc(C(Nc3ccc(C(=N)N)cc3)C(=O)NCc3ccccc3)cc2OC)c1. The Labute approximate surface area is 228 Å². The monoisotopic (exact) mass is 524 g/mol. The number of rotatable bonds is 12. The second-order valence-electron chi connectivity index (χ2n) is 8.82. The number of amides is 1. The quantitative estimate of drug-likeness (QED) is 0.152. The van der Waals surface area contributed by atoms with Gasteiger partial charge in [-0.15, -0.1) is 0 Å². The number of ether oxygens (including phenoxy) is 3. The molecule has 8 heteroatoms. The summed E-state index contributed by atoms with van der Waals surface area (Å²) >= 11 is 0. The van der Waals surface area contributed by atoms with E-state index in [-0.39, 0.29) is 11.7 Å². The van der Waals surface area contributed by atoms with E-state index >= 15 is 0 Å². The van der Waals surface area contributed by atoms with Gasteiger partial charge in [-0.2, -0.15) is 0 Å². The van der Waals surface area contributed by atoms with Crippen LogP contribution in [0.15, 0.2) is 97.1 Å². The zero-order chi connectivity index (χ0) is 27.6. The summed E-state index contributed by atoms with van der Waals surface area (Å²) in [7, 11) is 3.19. The average Bonchev–Trinajstić information content (AvgIpc) is 2.98. The van der Waals surface area contributed by atoms with Crippen LogP contribution in [0.1, 0.15) is 28.3 Å². The highest BCUT2D eigenvalue weighted by Crippen LogP contribution is 2.32. The molecule has 0 heterocycles. The molecule has 0 spiro atoms. The van der Waals surface area contributed by atoms with Crippen LogP contribution in [0.3, 0.4) is 0 Å². The lowest BCUT2D eigenvalue weighted by Gasteiger charge is -2.22. The fraction of sp³-hybridized carbons (Fsp3) is 0.161. The van der Waals surface area contributed by atoms with Crippen LogP contribution in [-0.4, -0.2) is 26.0 Å². The Bertz CT molecular complexity index is 1410. The van der Waals surface area contributed by atoms with Crippen LogP contribution in [0.2, 0.25) is 0 Å². The molecule has 0 bridgehead atoms. The third-order valence-corrected chi connectivity index (χ3v) is 6.13. The molecule has 5 N–H and O–H groups in total. The zero-order valence-electron chi connectivity index (χ0n) is 21.9. The van der Waals surface area contributed by atoms with Gasteiger partial charge >= 0.3 is 0 Å². The van der Waals surface area contributed by atoms with Gasteiger partial charge in [0, 0.05) is 17.8 Å². The standard InChI is InChI=1S/C31H32N4O4/c1-37-26-10-6-9-22(17-26)20-39-27-16-13-24(18-28(27)38-2)29(31(36)34-19-21-7-4-3-5-8-21)35-25-14-11-23(12-15-25)30(32)33/h3-18,29,35H,19-20H2,1-2H3,(H3,32,33)(H,34,36). The molecule has 0 aromatic heterocycles. The molecule has 0 aliphatic heterocycles. The lowest BCUT2D eigenvalue weighted by molar-refractivity contribution is -0.122. The van der Waals surface area contributed by atoms with E-state index in [1.165, 1.54) is 0 Å². The smallest absolute Gasteiger partial charge is 0.247 e. The van der Waals surface area contributed by atoms with Crippen LogP contribution in [0.5, 0.6) is 17.2 Å². The van der Waals surface area contributed by atoms with E-state index in [0.29, 0.717) is 41.5 Å². The Balaban J connectivity index is 1.56. The Morgan fingerprint density at radius 1 is 0.846 bits per heavy atom. The second-order valence-corrected chi connectivity index (χ2v) is 8.82. The van der Waals surface area contributed by atoms with Crippen molar-refractivity contribution in [1.29, 1.82) is 5.41 Å². The number of nitrogens with one attached hydrogen (secondary N) is 3. The van der Waals surface area contributed by atoms with E-state index in [1.54, 1.807) is 50.6 Å². The molecule has 1 atom stereocenters. The third kappa shape index (κ3) is 7.29. The highest BCUT2D eigenvalue weighted by Gasteiger charge is 2.22. The number of methoxy groups -OCH3 is 2. The highest BCUT2D eigenvalue weighted by atomic mass is 16.5. The van der Waals surface area contributed by atoms with Crippen molar-refractivity contribution in [3.63, 3.8) is 0 Å². The molecule has 4 aromatic rings. The van der Waals surface area contributed by atoms with Crippen molar-refractivity contribution in [3.05, 3.63) is 119 Å². The Morgan fingerprint density at radius 3 is 2.28 bits per heavy atom. The summed E-state index contributed by atoms with van der Waals surface area (Å²) in [6, 6.07) is 29.1. The minimum absolute atomic E-state index is 0.0204. The molecule has 0 aliphatic carbocycles. The summed E-state index contributed by atoms with van der Waals surface area (Å²) < 4.78 is 16.9. The topological polar surface area (TPSA) is 119 Å². The zero-order valence-corrected chi connectivity index (χ0v) is 21.9. The molecule has 0 saturated carbocycles. The van der Waals surface area contributed by atoms with Crippen LogP contribution in [0.25, 0.3) is 0 Å². The largest absolute Gasteiger partial charge is 0.497 e. The highest BCUT2D eigenvalue weighted by molar-refractivity contribution is 5.95. The van der Waals surface area contributed by atoms with E-state index < -0.39 is 6.04 Å².